The number of hydrogen-bond donors (Lipinski definition) is 2. The van der Waals surface area contributed by atoms with Crippen LogP contribution < -0.4 is 10.6 Å². The first kappa shape index (κ1) is 17.4. The molecule has 1 heterocycles. The summed E-state index contributed by atoms with van der Waals surface area (Å²) in [6.07, 6.45) is 1.36. The van der Waals surface area contributed by atoms with Crippen LogP contribution in [0, 0.1) is 0 Å². The van der Waals surface area contributed by atoms with Gasteiger partial charge >= 0.3 is 0 Å². The average molecular weight is 327 g/mol. The van der Waals surface area contributed by atoms with Crippen LogP contribution in [0.5, 0.6) is 0 Å². The van der Waals surface area contributed by atoms with E-state index in [9.17, 15) is 9.59 Å². The van der Waals surface area contributed by atoms with Gasteiger partial charge in [-0.15, -0.1) is 0 Å². The number of nitrogens with one attached hydrogen (secondary N) is 2. The number of benzene rings is 1. The van der Waals surface area contributed by atoms with Crippen molar-refractivity contribution in [3.63, 3.8) is 0 Å². The molecule has 2 amide bonds. The van der Waals surface area contributed by atoms with E-state index in [1.54, 1.807) is 23.1 Å². The van der Waals surface area contributed by atoms with Gasteiger partial charge in [0, 0.05) is 37.5 Å². The first-order chi connectivity index (χ1) is 11.5. The summed E-state index contributed by atoms with van der Waals surface area (Å²) >= 11 is 0. The number of rotatable bonds is 6. The minimum atomic E-state index is -0.138. The Balaban J connectivity index is 2.18. The molecule has 24 heavy (non-hydrogen) atoms. The van der Waals surface area contributed by atoms with E-state index in [4.69, 9.17) is 0 Å². The Morgan fingerprint density at radius 2 is 1.79 bits per heavy atom. The van der Waals surface area contributed by atoms with Crippen LogP contribution in [0.15, 0.2) is 36.7 Å². The third-order valence-corrected chi connectivity index (χ3v) is 3.39. The summed E-state index contributed by atoms with van der Waals surface area (Å²) in [6, 6.07) is 8.86. The van der Waals surface area contributed by atoms with Gasteiger partial charge in [-0.3, -0.25) is 9.59 Å². The lowest BCUT2D eigenvalue weighted by Crippen LogP contribution is -2.31. The number of carbonyl (C=O) groups excluding carboxylic acids is 2. The Hall–Kier alpha value is -2.96. The highest BCUT2D eigenvalue weighted by Gasteiger charge is 2.14. The first-order valence-corrected chi connectivity index (χ1v) is 7.79. The van der Waals surface area contributed by atoms with Crippen molar-refractivity contribution >= 4 is 29.0 Å². The van der Waals surface area contributed by atoms with E-state index in [2.05, 4.69) is 20.6 Å². The third-order valence-electron chi connectivity index (χ3n) is 3.39. The van der Waals surface area contributed by atoms with Gasteiger partial charge in [-0.25, -0.2) is 9.97 Å². The largest absolute Gasteiger partial charge is 0.340 e. The molecule has 0 saturated carbocycles. The summed E-state index contributed by atoms with van der Waals surface area (Å²) in [4.78, 5) is 33.4. The second-order valence-corrected chi connectivity index (χ2v) is 5.15. The normalized spacial score (nSPS) is 10.1. The maximum absolute atomic E-state index is 12.3. The van der Waals surface area contributed by atoms with Crippen molar-refractivity contribution in [2.45, 2.75) is 20.8 Å². The predicted molar refractivity (Wildman–Crippen MR) is 93.3 cm³/mol. The molecule has 0 aliphatic heterocycles. The Bertz CT molecular complexity index is 728. The molecule has 2 rings (SSSR count). The van der Waals surface area contributed by atoms with E-state index >= 15 is 0 Å². The molecule has 126 valence electrons. The fourth-order valence-corrected chi connectivity index (χ4v) is 2.24. The van der Waals surface area contributed by atoms with Crippen LogP contribution in [0.1, 0.15) is 31.3 Å². The van der Waals surface area contributed by atoms with Crippen LogP contribution in [-0.2, 0) is 4.79 Å². The molecule has 0 spiro atoms. The minimum Gasteiger partial charge on any atom is -0.340 e. The van der Waals surface area contributed by atoms with Crippen LogP contribution >= 0.6 is 0 Å². The smallest absolute Gasteiger partial charge is 0.272 e. The zero-order valence-electron chi connectivity index (χ0n) is 14.0. The van der Waals surface area contributed by atoms with Gasteiger partial charge in [0.1, 0.15) is 17.8 Å². The van der Waals surface area contributed by atoms with Gasteiger partial charge in [-0.2, -0.15) is 0 Å². The molecule has 0 fully saturated rings. The van der Waals surface area contributed by atoms with Crippen LogP contribution in [0.2, 0.25) is 0 Å². The molecule has 2 aromatic rings. The molecular formula is C17H21N5O2. The second kappa shape index (κ2) is 8.05. The Morgan fingerprint density at radius 1 is 1.08 bits per heavy atom. The summed E-state index contributed by atoms with van der Waals surface area (Å²) in [5, 5.41) is 5.83. The molecule has 0 aliphatic rings. The summed E-state index contributed by atoms with van der Waals surface area (Å²) in [7, 11) is 0. The molecule has 2 N–H and O–H groups in total. The van der Waals surface area contributed by atoms with E-state index in [0.29, 0.717) is 30.3 Å². The van der Waals surface area contributed by atoms with Gasteiger partial charge in [0.15, 0.2) is 0 Å². The van der Waals surface area contributed by atoms with E-state index in [0.717, 1.165) is 5.69 Å². The van der Waals surface area contributed by atoms with Crippen LogP contribution in [0.3, 0.4) is 0 Å². The van der Waals surface area contributed by atoms with Gasteiger partial charge in [-0.1, -0.05) is 6.07 Å². The van der Waals surface area contributed by atoms with Gasteiger partial charge in [0.25, 0.3) is 5.91 Å². The molecule has 0 saturated heterocycles. The number of carbonyl (C=O) groups is 2. The summed E-state index contributed by atoms with van der Waals surface area (Å²) in [5.41, 5.74) is 1.77. The SMILES string of the molecule is CCN(CC)C(=O)c1cc(Nc2cccc(NC(C)=O)c2)ncn1. The highest BCUT2D eigenvalue weighted by Crippen LogP contribution is 2.19. The lowest BCUT2D eigenvalue weighted by atomic mass is 10.2. The van der Waals surface area contributed by atoms with E-state index in [-0.39, 0.29) is 11.8 Å². The second-order valence-electron chi connectivity index (χ2n) is 5.15. The monoisotopic (exact) mass is 327 g/mol. The molecule has 0 bridgehead atoms. The molecule has 7 nitrogen and oxygen atoms in total. The molecule has 0 radical (unpaired) electrons. The maximum Gasteiger partial charge on any atom is 0.272 e. The molecule has 1 aromatic carbocycles. The van der Waals surface area contributed by atoms with Gasteiger partial charge in [-0.05, 0) is 32.0 Å². The standard InChI is InChI=1S/C17H21N5O2/c1-4-22(5-2)17(24)15-10-16(19-11-18-15)21-14-8-6-7-13(9-14)20-12(3)23/h6-11H,4-5H2,1-3H3,(H,20,23)(H,18,19,21). The lowest BCUT2D eigenvalue weighted by Gasteiger charge is -2.18. The predicted octanol–water partition coefficient (Wildman–Crippen LogP) is 2.66. The molecule has 0 aliphatic carbocycles. The fraction of sp³-hybridized carbons (Fsp3) is 0.294. The summed E-state index contributed by atoms with van der Waals surface area (Å²) < 4.78 is 0. The van der Waals surface area contributed by atoms with Crippen molar-refractivity contribution in [3.8, 4) is 0 Å². The van der Waals surface area contributed by atoms with Gasteiger partial charge < -0.3 is 15.5 Å². The topological polar surface area (TPSA) is 87.2 Å². The van der Waals surface area contributed by atoms with Crippen molar-refractivity contribution in [1.29, 1.82) is 0 Å². The number of hydrogen-bond acceptors (Lipinski definition) is 5. The summed E-state index contributed by atoms with van der Waals surface area (Å²) in [5.74, 6) is 0.249. The maximum atomic E-state index is 12.3. The molecular weight excluding hydrogens is 306 g/mol. The summed E-state index contributed by atoms with van der Waals surface area (Å²) in [6.45, 7) is 6.56. The van der Waals surface area contributed by atoms with E-state index in [1.165, 1.54) is 13.3 Å². The van der Waals surface area contributed by atoms with Crippen LogP contribution in [-0.4, -0.2) is 39.8 Å². The molecule has 0 atom stereocenters. The highest BCUT2D eigenvalue weighted by atomic mass is 16.2. The molecule has 7 heteroatoms. The van der Waals surface area contributed by atoms with Crippen molar-refractivity contribution < 1.29 is 9.59 Å². The van der Waals surface area contributed by atoms with E-state index in [1.807, 2.05) is 26.0 Å². The first-order valence-electron chi connectivity index (χ1n) is 7.79. The lowest BCUT2D eigenvalue weighted by molar-refractivity contribution is -0.114. The molecule has 1 aromatic heterocycles. The molecule has 0 unspecified atom stereocenters. The van der Waals surface area contributed by atoms with Crippen LogP contribution in [0.4, 0.5) is 17.2 Å². The van der Waals surface area contributed by atoms with Gasteiger partial charge in [0.05, 0.1) is 0 Å². The number of amides is 2. The third kappa shape index (κ3) is 4.52. The quantitative estimate of drug-likeness (QED) is 0.852. The Kier molecular flexibility index (Phi) is 5.83. The zero-order chi connectivity index (χ0) is 17.5. The Morgan fingerprint density at radius 3 is 2.46 bits per heavy atom. The number of nitrogens with zero attached hydrogens (tertiary/aromatic N) is 3. The Labute approximate surface area is 141 Å². The highest BCUT2D eigenvalue weighted by molar-refractivity contribution is 5.93. The van der Waals surface area contributed by atoms with Crippen molar-refractivity contribution in [3.05, 3.63) is 42.4 Å². The number of aromatic nitrogens is 2. The van der Waals surface area contributed by atoms with Crippen LogP contribution in [0.25, 0.3) is 0 Å². The number of anilines is 3. The van der Waals surface area contributed by atoms with Crippen molar-refractivity contribution in [2.75, 3.05) is 23.7 Å². The minimum absolute atomic E-state index is 0.127. The fourth-order valence-electron chi connectivity index (χ4n) is 2.24. The van der Waals surface area contributed by atoms with Crippen molar-refractivity contribution in [2.24, 2.45) is 0 Å². The average Bonchev–Trinajstić information content (AvgIpc) is 2.56. The van der Waals surface area contributed by atoms with E-state index < -0.39 is 0 Å². The zero-order valence-corrected chi connectivity index (χ0v) is 14.0. The van der Waals surface area contributed by atoms with Crippen molar-refractivity contribution in [1.82, 2.24) is 14.9 Å². The van der Waals surface area contributed by atoms with Gasteiger partial charge in [0.2, 0.25) is 5.91 Å².